The van der Waals surface area contributed by atoms with E-state index in [0.717, 1.165) is 37.3 Å². The van der Waals surface area contributed by atoms with Crippen LogP contribution in [0.5, 0.6) is 0 Å². The number of nitrogens with zero attached hydrogens (tertiary/aromatic N) is 4. The van der Waals surface area contributed by atoms with Crippen LogP contribution in [0.3, 0.4) is 0 Å². The number of amides is 1. The normalized spacial score (nSPS) is 15.2. The first-order valence-electron chi connectivity index (χ1n) is 9.42. The van der Waals surface area contributed by atoms with Crippen molar-refractivity contribution in [2.45, 2.75) is 18.8 Å². The molecule has 1 saturated heterocycles. The number of anilines is 3. The van der Waals surface area contributed by atoms with Crippen LogP contribution >= 0.6 is 11.3 Å². The minimum Gasteiger partial charge on any atom is -0.339 e. The lowest BCUT2D eigenvalue weighted by atomic mass is 9.93. The fourth-order valence-electron chi connectivity index (χ4n) is 3.35. The van der Waals surface area contributed by atoms with Crippen molar-refractivity contribution in [2.24, 2.45) is 0 Å². The van der Waals surface area contributed by atoms with Crippen LogP contribution in [-0.2, 0) is 4.79 Å². The zero-order valence-corrected chi connectivity index (χ0v) is 16.5. The predicted octanol–water partition coefficient (Wildman–Crippen LogP) is 3.63. The molecular weight excluding hydrogens is 391 g/mol. The van der Waals surface area contributed by atoms with Gasteiger partial charge < -0.3 is 10.6 Å². The van der Waals surface area contributed by atoms with E-state index in [1.165, 1.54) is 23.6 Å². The Hall–Kier alpha value is -2.91. The standard InChI is InChI=1S/C20H21FN6OS/c21-15-1-4-18(24-11-15)25-16-2-3-17(23-12-16)14-5-8-27(9-6-14)13-19(28)26-20-22-7-10-29-20/h1-4,7,10-12,14H,5-6,8-9,13H2,(H,24,25)(H,22,26,28). The molecule has 0 unspecified atom stereocenters. The van der Waals surface area contributed by atoms with Gasteiger partial charge in [-0.25, -0.2) is 14.4 Å². The molecule has 1 fully saturated rings. The molecule has 3 aromatic heterocycles. The highest BCUT2D eigenvalue weighted by Gasteiger charge is 2.23. The second-order valence-electron chi connectivity index (χ2n) is 6.89. The molecule has 0 aliphatic carbocycles. The predicted molar refractivity (Wildman–Crippen MR) is 111 cm³/mol. The average Bonchev–Trinajstić information content (AvgIpc) is 3.24. The van der Waals surface area contributed by atoms with Crippen LogP contribution in [-0.4, -0.2) is 45.4 Å². The number of piperidine rings is 1. The van der Waals surface area contributed by atoms with E-state index in [0.29, 0.717) is 23.4 Å². The van der Waals surface area contributed by atoms with Gasteiger partial charge in [0.25, 0.3) is 0 Å². The van der Waals surface area contributed by atoms with Gasteiger partial charge in [-0.2, -0.15) is 0 Å². The first-order chi connectivity index (χ1) is 14.2. The van der Waals surface area contributed by atoms with Gasteiger partial charge in [0.05, 0.1) is 24.6 Å². The quantitative estimate of drug-likeness (QED) is 0.643. The maximum Gasteiger partial charge on any atom is 0.240 e. The summed E-state index contributed by atoms with van der Waals surface area (Å²) in [5.74, 6) is 0.564. The van der Waals surface area contributed by atoms with E-state index in [1.807, 2.05) is 17.5 Å². The summed E-state index contributed by atoms with van der Waals surface area (Å²) in [7, 11) is 0. The van der Waals surface area contributed by atoms with Crippen LogP contribution in [0, 0.1) is 5.82 Å². The molecule has 4 rings (SSSR count). The third-order valence-electron chi connectivity index (χ3n) is 4.84. The van der Waals surface area contributed by atoms with Crippen LogP contribution in [0.15, 0.2) is 48.2 Å². The highest BCUT2D eigenvalue weighted by molar-refractivity contribution is 7.13. The van der Waals surface area contributed by atoms with Crippen molar-refractivity contribution in [3.8, 4) is 0 Å². The lowest BCUT2D eigenvalue weighted by molar-refractivity contribution is -0.117. The number of aromatic nitrogens is 3. The van der Waals surface area contributed by atoms with Gasteiger partial charge in [0, 0.05) is 23.2 Å². The first kappa shape index (κ1) is 19.4. The third kappa shape index (κ3) is 5.33. The highest BCUT2D eigenvalue weighted by atomic mass is 32.1. The van der Waals surface area contributed by atoms with Crippen molar-refractivity contribution in [2.75, 3.05) is 30.3 Å². The Kier molecular flexibility index (Phi) is 6.06. The molecule has 1 amide bonds. The number of carbonyl (C=O) groups excluding carboxylic acids is 1. The monoisotopic (exact) mass is 412 g/mol. The number of hydrogen-bond donors (Lipinski definition) is 2. The average molecular weight is 412 g/mol. The summed E-state index contributed by atoms with van der Waals surface area (Å²) in [6.07, 6.45) is 6.55. The van der Waals surface area contributed by atoms with Crippen molar-refractivity contribution >= 4 is 33.9 Å². The van der Waals surface area contributed by atoms with E-state index in [9.17, 15) is 9.18 Å². The zero-order valence-electron chi connectivity index (χ0n) is 15.7. The van der Waals surface area contributed by atoms with Gasteiger partial charge in [0.1, 0.15) is 11.6 Å². The summed E-state index contributed by atoms with van der Waals surface area (Å²) in [5.41, 5.74) is 1.86. The molecule has 7 nitrogen and oxygen atoms in total. The lowest BCUT2D eigenvalue weighted by Crippen LogP contribution is -2.38. The van der Waals surface area contributed by atoms with E-state index < -0.39 is 0 Å². The molecule has 1 aliphatic rings. The number of nitrogens with one attached hydrogen (secondary N) is 2. The summed E-state index contributed by atoms with van der Waals surface area (Å²) in [6, 6.07) is 6.92. The van der Waals surface area contributed by atoms with Crippen LogP contribution < -0.4 is 10.6 Å². The largest absolute Gasteiger partial charge is 0.339 e. The number of halogens is 1. The number of rotatable bonds is 6. The molecule has 0 saturated carbocycles. The van der Waals surface area contributed by atoms with Gasteiger partial charge >= 0.3 is 0 Å². The summed E-state index contributed by atoms with van der Waals surface area (Å²) in [4.78, 5) is 26.9. The van der Waals surface area contributed by atoms with Gasteiger partial charge in [-0.3, -0.25) is 14.7 Å². The molecule has 0 bridgehead atoms. The molecule has 1 aliphatic heterocycles. The first-order valence-corrected chi connectivity index (χ1v) is 10.3. The van der Waals surface area contributed by atoms with Gasteiger partial charge in [-0.1, -0.05) is 0 Å². The number of thiazole rings is 1. The van der Waals surface area contributed by atoms with Crippen LogP contribution in [0.1, 0.15) is 24.5 Å². The summed E-state index contributed by atoms with van der Waals surface area (Å²) < 4.78 is 12.9. The molecule has 3 aromatic rings. The van der Waals surface area contributed by atoms with E-state index >= 15 is 0 Å². The molecule has 150 valence electrons. The molecule has 9 heteroatoms. The van der Waals surface area contributed by atoms with Gasteiger partial charge in [-0.15, -0.1) is 11.3 Å². The molecule has 0 radical (unpaired) electrons. The van der Waals surface area contributed by atoms with Crippen molar-refractivity contribution < 1.29 is 9.18 Å². The fraction of sp³-hybridized carbons (Fsp3) is 0.300. The molecule has 0 spiro atoms. The van der Waals surface area contributed by atoms with Gasteiger partial charge in [0.2, 0.25) is 5.91 Å². The Morgan fingerprint density at radius 2 is 2.00 bits per heavy atom. The Morgan fingerprint density at radius 1 is 1.14 bits per heavy atom. The maximum atomic E-state index is 12.9. The second-order valence-corrected chi connectivity index (χ2v) is 7.79. The Balaban J connectivity index is 1.26. The van der Waals surface area contributed by atoms with Gasteiger partial charge in [0.15, 0.2) is 5.13 Å². The highest BCUT2D eigenvalue weighted by Crippen LogP contribution is 2.27. The van der Waals surface area contributed by atoms with Crippen LogP contribution in [0.4, 0.5) is 21.0 Å². The SMILES string of the molecule is O=C(CN1CCC(c2ccc(Nc3ccc(F)cn3)cn2)CC1)Nc1nccs1. The van der Waals surface area contributed by atoms with E-state index in [1.54, 1.807) is 18.5 Å². The number of pyridine rings is 2. The second kappa shape index (κ2) is 9.06. The third-order valence-corrected chi connectivity index (χ3v) is 5.53. The van der Waals surface area contributed by atoms with Crippen molar-refractivity contribution in [3.63, 3.8) is 0 Å². The molecule has 0 aromatic carbocycles. The van der Waals surface area contributed by atoms with Crippen molar-refractivity contribution in [3.05, 3.63) is 59.7 Å². The maximum absolute atomic E-state index is 12.9. The number of likely N-dealkylation sites (tertiary alicyclic amines) is 1. The topological polar surface area (TPSA) is 83.0 Å². The Bertz CT molecular complexity index is 925. The van der Waals surface area contributed by atoms with E-state index in [-0.39, 0.29) is 11.7 Å². The molecule has 2 N–H and O–H groups in total. The zero-order chi connectivity index (χ0) is 20.1. The molecule has 0 atom stereocenters. The van der Waals surface area contributed by atoms with Crippen molar-refractivity contribution in [1.29, 1.82) is 0 Å². The number of hydrogen-bond acceptors (Lipinski definition) is 7. The van der Waals surface area contributed by atoms with Crippen LogP contribution in [0.2, 0.25) is 0 Å². The van der Waals surface area contributed by atoms with Crippen molar-refractivity contribution in [1.82, 2.24) is 19.9 Å². The lowest BCUT2D eigenvalue weighted by Gasteiger charge is -2.31. The Labute approximate surface area is 172 Å². The molecule has 4 heterocycles. The smallest absolute Gasteiger partial charge is 0.240 e. The summed E-state index contributed by atoms with van der Waals surface area (Å²) in [6.45, 7) is 2.10. The fourth-order valence-corrected chi connectivity index (χ4v) is 3.90. The van der Waals surface area contributed by atoms with Crippen LogP contribution in [0.25, 0.3) is 0 Å². The molecule has 29 heavy (non-hydrogen) atoms. The minimum atomic E-state index is -0.365. The van der Waals surface area contributed by atoms with Gasteiger partial charge in [-0.05, 0) is 50.2 Å². The summed E-state index contributed by atoms with van der Waals surface area (Å²) in [5, 5.41) is 8.41. The van der Waals surface area contributed by atoms with E-state index in [4.69, 9.17) is 0 Å². The Morgan fingerprint density at radius 3 is 2.66 bits per heavy atom. The summed E-state index contributed by atoms with van der Waals surface area (Å²) >= 11 is 1.42. The number of carbonyl (C=O) groups is 1. The minimum absolute atomic E-state index is 0.0265. The molecular formula is C20H21FN6OS. The van der Waals surface area contributed by atoms with E-state index in [2.05, 4.69) is 30.5 Å².